The molecule has 0 aromatic rings. The Bertz CT molecular complexity index is 159. The summed E-state index contributed by atoms with van der Waals surface area (Å²) in [6.45, 7) is 10.8. The van der Waals surface area contributed by atoms with E-state index in [-0.39, 0.29) is 5.60 Å². The smallest absolute Gasteiger partial charge is 0.0598 e. The fourth-order valence-electron chi connectivity index (χ4n) is 0.896. The fraction of sp³-hybridized carbons (Fsp3) is 1.00. The largest absolute Gasteiger partial charge is 0.375 e. The van der Waals surface area contributed by atoms with Crippen molar-refractivity contribution in [3.63, 3.8) is 0 Å². The van der Waals surface area contributed by atoms with Gasteiger partial charge in [0.2, 0.25) is 0 Å². The summed E-state index contributed by atoms with van der Waals surface area (Å²) in [5.41, 5.74) is -0.109. The van der Waals surface area contributed by atoms with E-state index in [0.29, 0.717) is 18.3 Å². The fourth-order valence-corrected chi connectivity index (χ4v) is 2.08. The molecule has 1 unspecified atom stereocenters. The Hall–Kier alpha value is 0.110. The molecule has 0 aliphatic carbocycles. The van der Waals surface area contributed by atoms with Crippen molar-refractivity contribution in [3.05, 3.63) is 0 Å². The lowest BCUT2D eigenvalue weighted by Gasteiger charge is -2.19. The van der Waals surface area contributed by atoms with E-state index >= 15 is 0 Å². The van der Waals surface area contributed by atoms with E-state index in [0.717, 1.165) is 5.75 Å². The van der Waals surface area contributed by atoms with E-state index in [1.54, 1.807) is 0 Å². The van der Waals surface area contributed by atoms with Gasteiger partial charge in [-0.05, 0) is 26.7 Å². The van der Waals surface area contributed by atoms with Crippen LogP contribution in [0.15, 0.2) is 0 Å². The Morgan fingerprint density at radius 1 is 1.31 bits per heavy atom. The van der Waals surface area contributed by atoms with Crippen molar-refractivity contribution in [3.8, 4) is 0 Å². The van der Waals surface area contributed by atoms with Crippen molar-refractivity contribution in [1.82, 2.24) is 0 Å². The number of hydrogen-bond acceptors (Lipinski definition) is 2. The maximum atomic E-state index is 11.4. The van der Waals surface area contributed by atoms with Gasteiger partial charge in [-0.25, -0.2) is 0 Å². The van der Waals surface area contributed by atoms with Crippen LogP contribution in [0.4, 0.5) is 0 Å². The van der Waals surface area contributed by atoms with Gasteiger partial charge in [0, 0.05) is 22.3 Å². The summed E-state index contributed by atoms with van der Waals surface area (Å²) >= 11 is 0. The molecule has 80 valence electrons. The van der Waals surface area contributed by atoms with Crippen molar-refractivity contribution in [2.45, 2.75) is 40.2 Å². The molecule has 0 aromatic carbocycles. The first-order valence-corrected chi connectivity index (χ1v) is 6.29. The highest BCUT2D eigenvalue weighted by Crippen LogP contribution is 2.06. The number of rotatable bonds is 5. The molecule has 0 rings (SSSR count). The van der Waals surface area contributed by atoms with Gasteiger partial charge in [-0.1, -0.05) is 13.8 Å². The van der Waals surface area contributed by atoms with Crippen LogP contribution >= 0.6 is 0 Å². The Labute approximate surface area is 84.5 Å². The molecule has 0 spiro atoms. The lowest BCUT2D eigenvalue weighted by molar-refractivity contribution is 0.00668. The zero-order valence-corrected chi connectivity index (χ0v) is 10.2. The van der Waals surface area contributed by atoms with Crippen molar-refractivity contribution in [1.29, 1.82) is 0 Å². The molecule has 0 fully saturated rings. The predicted molar refractivity (Wildman–Crippen MR) is 58.4 cm³/mol. The van der Waals surface area contributed by atoms with Gasteiger partial charge in [0.05, 0.1) is 12.2 Å². The maximum Gasteiger partial charge on any atom is 0.0598 e. The second-order valence-corrected chi connectivity index (χ2v) is 6.29. The van der Waals surface area contributed by atoms with Crippen molar-refractivity contribution in [2.75, 3.05) is 18.1 Å². The van der Waals surface area contributed by atoms with Gasteiger partial charge < -0.3 is 4.74 Å². The van der Waals surface area contributed by atoms with E-state index in [1.807, 2.05) is 20.8 Å². The monoisotopic (exact) mass is 206 g/mol. The van der Waals surface area contributed by atoms with Gasteiger partial charge in [-0.15, -0.1) is 0 Å². The molecule has 1 atom stereocenters. The highest BCUT2D eigenvalue weighted by molar-refractivity contribution is 7.85. The Morgan fingerprint density at radius 2 is 1.85 bits per heavy atom. The minimum Gasteiger partial charge on any atom is -0.375 e. The lowest BCUT2D eigenvalue weighted by atomic mass is 10.2. The second-order valence-electron chi connectivity index (χ2n) is 4.67. The van der Waals surface area contributed by atoms with E-state index in [9.17, 15) is 4.21 Å². The Kier molecular flexibility index (Phi) is 5.81. The third-order valence-corrected chi connectivity index (χ3v) is 3.03. The molecule has 0 amide bonds. The van der Waals surface area contributed by atoms with Gasteiger partial charge in [-0.2, -0.15) is 0 Å². The van der Waals surface area contributed by atoms with E-state index in [4.69, 9.17) is 4.74 Å². The van der Waals surface area contributed by atoms with E-state index in [1.165, 1.54) is 0 Å². The predicted octanol–water partition coefficient (Wildman–Crippen LogP) is 2.21. The molecule has 0 aliphatic rings. The summed E-state index contributed by atoms with van der Waals surface area (Å²) in [5, 5.41) is 0. The molecule has 0 bridgehead atoms. The molecular formula is C10H22O2S. The molecule has 0 saturated heterocycles. The topological polar surface area (TPSA) is 26.3 Å². The van der Waals surface area contributed by atoms with Crippen LogP contribution in [0, 0.1) is 5.92 Å². The highest BCUT2D eigenvalue weighted by Gasteiger charge is 2.10. The van der Waals surface area contributed by atoms with Gasteiger partial charge in [0.25, 0.3) is 0 Å². The number of ether oxygens (including phenoxy) is 1. The van der Waals surface area contributed by atoms with Gasteiger partial charge >= 0.3 is 0 Å². The normalized spacial score (nSPS) is 14.9. The van der Waals surface area contributed by atoms with Gasteiger partial charge in [-0.3, -0.25) is 4.21 Å². The van der Waals surface area contributed by atoms with E-state index in [2.05, 4.69) is 13.8 Å². The molecule has 0 saturated carbocycles. The summed E-state index contributed by atoms with van der Waals surface area (Å²) in [4.78, 5) is 0. The minimum atomic E-state index is -0.710. The molecule has 0 heterocycles. The van der Waals surface area contributed by atoms with Gasteiger partial charge in [0.15, 0.2) is 0 Å². The van der Waals surface area contributed by atoms with Crippen molar-refractivity contribution >= 4 is 10.8 Å². The molecule has 3 heteroatoms. The summed E-state index contributed by atoms with van der Waals surface area (Å²) in [6.07, 6.45) is 0. The third-order valence-electron chi connectivity index (χ3n) is 1.37. The third kappa shape index (κ3) is 10.0. The quantitative estimate of drug-likeness (QED) is 0.689. The molecule has 0 aliphatic heterocycles. The Balaban J connectivity index is 3.49. The maximum absolute atomic E-state index is 11.4. The van der Waals surface area contributed by atoms with Crippen LogP contribution in [-0.4, -0.2) is 27.9 Å². The molecule has 2 nitrogen and oxygen atoms in total. The SMILES string of the molecule is CC(C)CS(=O)CCOC(C)(C)C. The van der Waals surface area contributed by atoms with Crippen LogP contribution in [-0.2, 0) is 15.5 Å². The molecule has 0 radical (unpaired) electrons. The first kappa shape index (κ1) is 13.1. The van der Waals surface area contributed by atoms with Crippen LogP contribution in [0.5, 0.6) is 0 Å². The standard InChI is InChI=1S/C10H22O2S/c1-9(2)8-13(11)7-6-12-10(3,4)5/h9H,6-8H2,1-5H3. The molecule has 0 N–H and O–H groups in total. The zero-order valence-electron chi connectivity index (χ0n) is 9.42. The average Bonchev–Trinajstić information content (AvgIpc) is 1.81. The second kappa shape index (κ2) is 5.76. The lowest BCUT2D eigenvalue weighted by Crippen LogP contribution is -2.23. The molecule has 13 heavy (non-hydrogen) atoms. The van der Waals surface area contributed by atoms with Gasteiger partial charge in [0.1, 0.15) is 0 Å². The van der Waals surface area contributed by atoms with Crippen LogP contribution in [0.25, 0.3) is 0 Å². The van der Waals surface area contributed by atoms with Crippen LogP contribution < -0.4 is 0 Å². The van der Waals surface area contributed by atoms with Crippen LogP contribution in [0.3, 0.4) is 0 Å². The molecular weight excluding hydrogens is 184 g/mol. The highest BCUT2D eigenvalue weighted by atomic mass is 32.2. The first-order valence-electron chi connectivity index (χ1n) is 4.80. The summed E-state index contributed by atoms with van der Waals surface area (Å²) in [7, 11) is -0.710. The Morgan fingerprint density at radius 3 is 2.23 bits per heavy atom. The van der Waals surface area contributed by atoms with Crippen molar-refractivity contribution < 1.29 is 8.95 Å². The summed E-state index contributed by atoms with van der Waals surface area (Å²) < 4.78 is 16.9. The first-order chi connectivity index (χ1) is 5.81. The zero-order chi connectivity index (χ0) is 10.5. The molecule has 0 aromatic heterocycles. The average molecular weight is 206 g/mol. The van der Waals surface area contributed by atoms with Crippen LogP contribution in [0.1, 0.15) is 34.6 Å². The number of hydrogen-bond donors (Lipinski definition) is 0. The summed E-state index contributed by atoms with van der Waals surface area (Å²) in [5.74, 6) is 1.96. The van der Waals surface area contributed by atoms with Crippen LogP contribution in [0.2, 0.25) is 0 Å². The van der Waals surface area contributed by atoms with E-state index < -0.39 is 10.8 Å². The minimum absolute atomic E-state index is 0.109. The summed E-state index contributed by atoms with van der Waals surface area (Å²) in [6, 6.07) is 0. The van der Waals surface area contributed by atoms with Crippen molar-refractivity contribution in [2.24, 2.45) is 5.92 Å².